The number of ketones is 2. The Bertz CT molecular complexity index is 1060. The van der Waals surface area contributed by atoms with Crippen molar-refractivity contribution in [2.45, 2.75) is 6.92 Å². The van der Waals surface area contributed by atoms with Gasteiger partial charge in [-0.15, -0.1) is 0 Å². The predicted octanol–water partition coefficient (Wildman–Crippen LogP) is 5.46. The van der Waals surface area contributed by atoms with Crippen LogP contribution in [0.5, 0.6) is 11.5 Å². The topological polar surface area (TPSA) is 52.6 Å². The molecule has 0 heterocycles. The molecule has 5 heteroatoms. The average Bonchev–Trinajstić information content (AvgIpc) is 2.72. The molecule has 0 N–H and O–H groups in total. The highest BCUT2D eigenvalue weighted by atomic mass is 35.5. The summed E-state index contributed by atoms with van der Waals surface area (Å²) in [7, 11) is 3.00. The van der Waals surface area contributed by atoms with Gasteiger partial charge in [0.2, 0.25) is 0 Å². The maximum atomic E-state index is 13.4. The van der Waals surface area contributed by atoms with E-state index in [1.54, 1.807) is 48.5 Å². The van der Waals surface area contributed by atoms with Gasteiger partial charge in [0.1, 0.15) is 0 Å². The van der Waals surface area contributed by atoms with Crippen LogP contribution in [-0.2, 0) is 0 Å². The summed E-state index contributed by atoms with van der Waals surface area (Å²) in [6.45, 7) is 1.50. The highest BCUT2D eigenvalue weighted by Gasteiger charge is 2.22. The van der Waals surface area contributed by atoms with E-state index in [0.717, 1.165) is 0 Å². The summed E-state index contributed by atoms with van der Waals surface area (Å²) in [5.41, 5.74) is 2.58. The first-order valence-electron chi connectivity index (χ1n) is 8.63. The number of hydrogen-bond acceptors (Lipinski definition) is 4. The van der Waals surface area contributed by atoms with Gasteiger partial charge in [0, 0.05) is 16.1 Å². The summed E-state index contributed by atoms with van der Waals surface area (Å²) < 4.78 is 10.7. The van der Waals surface area contributed by atoms with Gasteiger partial charge in [-0.3, -0.25) is 9.59 Å². The van der Waals surface area contributed by atoms with Gasteiger partial charge in [-0.25, -0.2) is 0 Å². The van der Waals surface area contributed by atoms with Gasteiger partial charge in [0.05, 0.1) is 19.8 Å². The minimum absolute atomic E-state index is 0.0806. The predicted molar refractivity (Wildman–Crippen MR) is 110 cm³/mol. The molecule has 0 saturated carbocycles. The zero-order valence-electron chi connectivity index (χ0n) is 15.8. The Balaban J connectivity index is 2.24. The minimum atomic E-state index is -0.272. The van der Waals surface area contributed by atoms with Crippen molar-refractivity contribution >= 4 is 23.2 Å². The van der Waals surface area contributed by atoms with E-state index < -0.39 is 0 Å². The third kappa shape index (κ3) is 3.64. The first-order chi connectivity index (χ1) is 13.5. The quantitative estimate of drug-likeness (QED) is 0.521. The summed E-state index contributed by atoms with van der Waals surface area (Å²) >= 11 is 6.20. The van der Waals surface area contributed by atoms with Crippen LogP contribution < -0.4 is 9.47 Å². The number of carbonyl (C=O) groups excluding carboxylic acids is 2. The molecular weight excluding hydrogens is 376 g/mol. The third-order valence-corrected chi connectivity index (χ3v) is 4.71. The fourth-order valence-corrected chi connectivity index (χ4v) is 3.35. The van der Waals surface area contributed by atoms with E-state index in [0.29, 0.717) is 44.3 Å². The van der Waals surface area contributed by atoms with Gasteiger partial charge in [-0.05, 0) is 42.3 Å². The Morgan fingerprint density at radius 1 is 0.786 bits per heavy atom. The highest BCUT2D eigenvalue weighted by Crippen LogP contribution is 2.36. The molecule has 4 nitrogen and oxygen atoms in total. The molecule has 0 amide bonds. The molecular formula is C23H19ClO4. The van der Waals surface area contributed by atoms with Crippen molar-refractivity contribution in [3.8, 4) is 22.6 Å². The molecule has 0 unspecified atom stereocenters. The standard InChI is InChI=1S/C23H19ClO4/c1-14(25)16-7-4-5-8-17(16)18-12-11-15(24)13-20(18)22(26)19-9-6-10-21(27-2)23(19)28-3/h4-13H,1-3H3. The fraction of sp³-hybridized carbons (Fsp3) is 0.130. The molecule has 28 heavy (non-hydrogen) atoms. The van der Waals surface area contributed by atoms with Gasteiger partial charge in [-0.2, -0.15) is 0 Å². The smallest absolute Gasteiger partial charge is 0.197 e. The van der Waals surface area contributed by atoms with Crippen molar-refractivity contribution in [3.63, 3.8) is 0 Å². The number of ether oxygens (including phenoxy) is 2. The van der Waals surface area contributed by atoms with Crippen LogP contribution in [0.15, 0.2) is 60.7 Å². The van der Waals surface area contributed by atoms with E-state index in [1.165, 1.54) is 21.1 Å². The zero-order valence-corrected chi connectivity index (χ0v) is 16.5. The molecule has 0 fully saturated rings. The fourth-order valence-electron chi connectivity index (χ4n) is 3.18. The molecule has 3 aromatic carbocycles. The van der Waals surface area contributed by atoms with Crippen molar-refractivity contribution in [3.05, 3.63) is 82.4 Å². The van der Waals surface area contributed by atoms with Crippen molar-refractivity contribution < 1.29 is 19.1 Å². The molecule has 142 valence electrons. The number of hydrogen-bond donors (Lipinski definition) is 0. The van der Waals surface area contributed by atoms with E-state index >= 15 is 0 Å². The second-order valence-electron chi connectivity index (χ2n) is 6.16. The SMILES string of the molecule is COc1cccc(C(=O)c2cc(Cl)ccc2-c2ccccc2C(C)=O)c1OC. The van der Waals surface area contributed by atoms with Crippen LogP contribution in [0.2, 0.25) is 5.02 Å². The minimum Gasteiger partial charge on any atom is -0.493 e. The molecule has 3 aromatic rings. The molecule has 0 saturated heterocycles. The highest BCUT2D eigenvalue weighted by molar-refractivity contribution is 6.31. The van der Waals surface area contributed by atoms with E-state index in [-0.39, 0.29) is 11.6 Å². The summed E-state index contributed by atoms with van der Waals surface area (Å²) in [5.74, 6) is 0.455. The van der Waals surface area contributed by atoms with Crippen LogP contribution in [0.3, 0.4) is 0 Å². The second kappa shape index (κ2) is 8.28. The number of Topliss-reactive ketones (excluding diaryl/α,β-unsaturated/α-hetero) is 1. The first kappa shape index (κ1) is 19.6. The Hall–Kier alpha value is -3.11. The number of methoxy groups -OCH3 is 2. The first-order valence-corrected chi connectivity index (χ1v) is 9.01. The van der Waals surface area contributed by atoms with E-state index in [4.69, 9.17) is 21.1 Å². The lowest BCUT2D eigenvalue weighted by Crippen LogP contribution is -2.08. The van der Waals surface area contributed by atoms with Crippen molar-refractivity contribution in [1.82, 2.24) is 0 Å². The summed E-state index contributed by atoms with van der Waals surface area (Å²) in [4.78, 5) is 25.5. The Labute approximate surface area is 168 Å². The van der Waals surface area contributed by atoms with Crippen molar-refractivity contribution in [2.75, 3.05) is 14.2 Å². The molecule has 0 aliphatic heterocycles. The van der Waals surface area contributed by atoms with E-state index in [2.05, 4.69) is 0 Å². The zero-order chi connectivity index (χ0) is 20.3. The summed E-state index contributed by atoms with van der Waals surface area (Å²) in [6, 6.07) is 17.4. The third-order valence-electron chi connectivity index (χ3n) is 4.47. The van der Waals surface area contributed by atoms with E-state index in [1.807, 2.05) is 12.1 Å². The number of halogens is 1. The molecule has 0 bridgehead atoms. The van der Waals surface area contributed by atoms with Crippen LogP contribution >= 0.6 is 11.6 Å². The number of para-hydroxylation sites is 1. The molecule has 0 aliphatic carbocycles. The normalized spacial score (nSPS) is 10.4. The largest absolute Gasteiger partial charge is 0.493 e. The molecule has 0 aromatic heterocycles. The lowest BCUT2D eigenvalue weighted by atomic mass is 9.90. The van der Waals surface area contributed by atoms with Crippen LogP contribution in [-0.4, -0.2) is 25.8 Å². The molecule has 3 rings (SSSR count). The second-order valence-corrected chi connectivity index (χ2v) is 6.60. The Morgan fingerprint density at radius 2 is 1.46 bits per heavy atom. The van der Waals surface area contributed by atoms with Gasteiger partial charge in [0.15, 0.2) is 23.1 Å². The van der Waals surface area contributed by atoms with Crippen LogP contribution in [0, 0.1) is 0 Å². The summed E-state index contributed by atoms with van der Waals surface area (Å²) in [5, 5.41) is 0.425. The monoisotopic (exact) mass is 394 g/mol. The Kier molecular flexibility index (Phi) is 5.81. The number of benzene rings is 3. The van der Waals surface area contributed by atoms with Crippen LogP contribution in [0.1, 0.15) is 33.2 Å². The average molecular weight is 395 g/mol. The van der Waals surface area contributed by atoms with Gasteiger partial charge in [0.25, 0.3) is 0 Å². The van der Waals surface area contributed by atoms with Gasteiger partial charge < -0.3 is 9.47 Å². The number of carbonyl (C=O) groups is 2. The van der Waals surface area contributed by atoms with Crippen LogP contribution in [0.25, 0.3) is 11.1 Å². The maximum Gasteiger partial charge on any atom is 0.197 e. The lowest BCUT2D eigenvalue weighted by molar-refractivity contribution is 0.101. The van der Waals surface area contributed by atoms with Crippen molar-refractivity contribution in [1.29, 1.82) is 0 Å². The lowest BCUT2D eigenvalue weighted by Gasteiger charge is -2.15. The summed E-state index contributed by atoms with van der Waals surface area (Å²) in [6.07, 6.45) is 0. The van der Waals surface area contributed by atoms with Crippen LogP contribution in [0.4, 0.5) is 0 Å². The Morgan fingerprint density at radius 3 is 2.14 bits per heavy atom. The molecule has 0 aliphatic rings. The van der Waals surface area contributed by atoms with Gasteiger partial charge >= 0.3 is 0 Å². The van der Waals surface area contributed by atoms with Gasteiger partial charge in [-0.1, -0.05) is 48.0 Å². The molecule has 0 radical (unpaired) electrons. The number of rotatable bonds is 6. The molecule has 0 atom stereocenters. The van der Waals surface area contributed by atoms with Crippen molar-refractivity contribution in [2.24, 2.45) is 0 Å². The maximum absolute atomic E-state index is 13.4. The van der Waals surface area contributed by atoms with E-state index in [9.17, 15) is 9.59 Å². The molecule has 0 spiro atoms.